The molecule has 0 rings (SSSR count). The van der Waals surface area contributed by atoms with Gasteiger partial charge in [-0.25, -0.2) is 0 Å². The number of aliphatic hydroxyl groups is 1. The normalized spacial score (nSPS) is 12.6. The van der Waals surface area contributed by atoms with Gasteiger partial charge in [0.05, 0.1) is 18.0 Å². The Morgan fingerprint density at radius 2 is 1.12 bits per heavy atom. The van der Waals surface area contributed by atoms with Gasteiger partial charge in [-0.05, 0) is 20.3 Å². The van der Waals surface area contributed by atoms with Gasteiger partial charge in [0.1, 0.15) is 0 Å². The molecule has 0 aromatic heterocycles. The first kappa shape index (κ1) is 25.9. The van der Waals surface area contributed by atoms with Gasteiger partial charge in [0.15, 0.2) is 0 Å². The van der Waals surface area contributed by atoms with Gasteiger partial charge in [-0.15, -0.1) is 0 Å². The second-order valence-corrected chi connectivity index (χ2v) is 10.4. The maximum absolute atomic E-state index is 12.0. The summed E-state index contributed by atoms with van der Waals surface area (Å²) in [5.41, 5.74) is 0. The van der Waals surface area contributed by atoms with Crippen LogP contribution in [0.2, 0.25) is 0 Å². The van der Waals surface area contributed by atoms with E-state index in [9.17, 15) is 8.42 Å². The van der Waals surface area contributed by atoms with Crippen molar-refractivity contribution in [3.8, 4) is 0 Å². The Bertz CT molecular complexity index is 404. The number of hydrogen-bond donors (Lipinski definition) is 1. The molecule has 26 heavy (non-hydrogen) atoms. The van der Waals surface area contributed by atoms with Crippen molar-refractivity contribution in [3.63, 3.8) is 0 Å². The first-order valence-electron chi connectivity index (χ1n) is 10.9. The van der Waals surface area contributed by atoms with Crippen molar-refractivity contribution < 1.29 is 17.7 Å². The van der Waals surface area contributed by atoms with Crippen molar-refractivity contribution >= 4 is 10.1 Å². The zero-order chi connectivity index (χ0) is 19.7. The van der Waals surface area contributed by atoms with Crippen molar-refractivity contribution in [2.75, 3.05) is 13.2 Å². The molecule has 0 saturated carbocycles. The summed E-state index contributed by atoms with van der Waals surface area (Å²) in [7, 11) is -3.60. The minimum atomic E-state index is -3.60. The molecule has 0 aromatic carbocycles. The van der Waals surface area contributed by atoms with Crippen molar-refractivity contribution in [2.24, 2.45) is 0 Å². The van der Waals surface area contributed by atoms with Gasteiger partial charge in [-0.1, -0.05) is 96.8 Å². The molecule has 0 bridgehead atoms. The summed E-state index contributed by atoms with van der Waals surface area (Å²) in [6.45, 7) is 5.26. The van der Waals surface area contributed by atoms with Gasteiger partial charge in [0.25, 0.3) is 10.1 Å². The highest BCUT2D eigenvalue weighted by Gasteiger charge is 2.34. The van der Waals surface area contributed by atoms with E-state index in [4.69, 9.17) is 9.29 Å². The highest BCUT2D eigenvalue weighted by atomic mass is 32.2. The topological polar surface area (TPSA) is 63.6 Å². The molecule has 4 nitrogen and oxygen atoms in total. The largest absolute Gasteiger partial charge is 0.394 e. The summed E-state index contributed by atoms with van der Waals surface area (Å²) < 4.78 is 28.0. The molecule has 0 amide bonds. The lowest BCUT2D eigenvalue weighted by molar-refractivity contribution is 0.199. The fourth-order valence-electron chi connectivity index (χ4n) is 3.18. The first-order chi connectivity index (χ1) is 12.4. The van der Waals surface area contributed by atoms with E-state index in [0.717, 1.165) is 12.8 Å². The van der Waals surface area contributed by atoms with Gasteiger partial charge in [0, 0.05) is 0 Å². The molecule has 0 unspecified atom stereocenters. The minimum Gasteiger partial charge on any atom is -0.394 e. The van der Waals surface area contributed by atoms with Crippen molar-refractivity contribution in [2.45, 2.75) is 122 Å². The van der Waals surface area contributed by atoms with E-state index in [1.807, 2.05) is 0 Å². The predicted molar refractivity (Wildman–Crippen MR) is 111 cm³/mol. The van der Waals surface area contributed by atoms with Crippen molar-refractivity contribution in [1.82, 2.24) is 0 Å². The van der Waals surface area contributed by atoms with Gasteiger partial charge < -0.3 is 5.11 Å². The van der Waals surface area contributed by atoms with Crippen LogP contribution in [0.1, 0.15) is 117 Å². The van der Waals surface area contributed by atoms with Gasteiger partial charge in [-0.2, -0.15) is 8.42 Å². The monoisotopic (exact) mass is 392 g/mol. The molecule has 0 spiro atoms. The third-order valence-electron chi connectivity index (χ3n) is 5.14. The maximum atomic E-state index is 12.0. The molecule has 0 saturated heterocycles. The summed E-state index contributed by atoms with van der Waals surface area (Å²) in [4.78, 5) is 0. The average Bonchev–Trinajstić information content (AvgIpc) is 2.60. The SMILES string of the molecule is CCCCCCCCCCCCCCCCC(C)(C)S(=O)(=O)OCCO. The number of rotatable bonds is 19. The van der Waals surface area contributed by atoms with Crippen LogP contribution in [0, 0.1) is 0 Å². The Kier molecular flexibility index (Phi) is 15.8. The Balaban J connectivity index is 3.50. The molecule has 0 aliphatic heterocycles. The van der Waals surface area contributed by atoms with E-state index in [2.05, 4.69) is 6.92 Å². The molecule has 0 atom stereocenters. The number of unbranched alkanes of at least 4 members (excludes halogenated alkanes) is 13. The Morgan fingerprint density at radius 1 is 0.731 bits per heavy atom. The Hall–Kier alpha value is -0.130. The van der Waals surface area contributed by atoms with Gasteiger partial charge in [-0.3, -0.25) is 4.18 Å². The lowest BCUT2D eigenvalue weighted by Crippen LogP contribution is -2.34. The van der Waals surface area contributed by atoms with Gasteiger partial charge in [0.2, 0.25) is 0 Å². The molecule has 0 fully saturated rings. The quantitative estimate of drug-likeness (QED) is 0.217. The lowest BCUT2D eigenvalue weighted by atomic mass is 10.0. The Labute approximate surface area is 163 Å². The first-order valence-corrected chi connectivity index (χ1v) is 12.3. The predicted octanol–water partition coefficient (Wildman–Crippen LogP) is 5.98. The minimum absolute atomic E-state index is 0.148. The van der Waals surface area contributed by atoms with E-state index < -0.39 is 14.9 Å². The van der Waals surface area contributed by atoms with Crippen LogP contribution in [0.3, 0.4) is 0 Å². The van der Waals surface area contributed by atoms with Crippen molar-refractivity contribution in [1.29, 1.82) is 0 Å². The molecule has 0 aliphatic carbocycles. The van der Waals surface area contributed by atoms with Crippen LogP contribution < -0.4 is 0 Å². The fraction of sp³-hybridized carbons (Fsp3) is 1.00. The fourth-order valence-corrected chi connectivity index (χ4v) is 4.18. The summed E-state index contributed by atoms with van der Waals surface area (Å²) in [6.07, 6.45) is 18.7. The van der Waals surface area contributed by atoms with Gasteiger partial charge >= 0.3 is 0 Å². The molecule has 0 aromatic rings. The zero-order valence-corrected chi connectivity index (χ0v) is 18.4. The number of hydrogen-bond acceptors (Lipinski definition) is 4. The van der Waals surface area contributed by atoms with E-state index in [0.29, 0.717) is 6.42 Å². The van der Waals surface area contributed by atoms with Crippen LogP contribution in [-0.4, -0.2) is 31.5 Å². The molecule has 158 valence electrons. The van der Waals surface area contributed by atoms with E-state index in [1.54, 1.807) is 13.8 Å². The summed E-state index contributed by atoms with van der Waals surface area (Å²) in [5, 5.41) is 8.71. The van der Waals surface area contributed by atoms with E-state index >= 15 is 0 Å². The van der Waals surface area contributed by atoms with E-state index in [-0.39, 0.29) is 13.2 Å². The number of aliphatic hydroxyl groups excluding tert-OH is 1. The average molecular weight is 393 g/mol. The Morgan fingerprint density at radius 3 is 1.50 bits per heavy atom. The lowest BCUT2D eigenvalue weighted by Gasteiger charge is -2.23. The van der Waals surface area contributed by atoms with Crippen LogP contribution in [-0.2, 0) is 14.3 Å². The second kappa shape index (κ2) is 15.9. The molecule has 0 aliphatic rings. The van der Waals surface area contributed by atoms with Crippen molar-refractivity contribution in [3.05, 3.63) is 0 Å². The highest BCUT2D eigenvalue weighted by Crippen LogP contribution is 2.25. The molecular formula is C21H44O4S. The zero-order valence-electron chi connectivity index (χ0n) is 17.6. The van der Waals surface area contributed by atoms with Crippen LogP contribution in [0.4, 0.5) is 0 Å². The third-order valence-corrected chi connectivity index (χ3v) is 7.17. The van der Waals surface area contributed by atoms with Crippen LogP contribution in [0.5, 0.6) is 0 Å². The standard InChI is InChI=1S/C21H44O4S/c1-4-5-6-7-8-9-10-11-12-13-14-15-16-17-18-21(2,3)26(23,24)25-20-19-22/h22H,4-20H2,1-3H3. The summed E-state index contributed by atoms with van der Waals surface area (Å²) in [5.74, 6) is 0. The third kappa shape index (κ3) is 13.1. The van der Waals surface area contributed by atoms with Crippen LogP contribution >= 0.6 is 0 Å². The molecule has 1 N–H and O–H groups in total. The summed E-state index contributed by atoms with van der Waals surface area (Å²) >= 11 is 0. The maximum Gasteiger partial charge on any atom is 0.272 e. The molecule has 5 heteroatoms. The summed E-state index contributed by atoms with van der Waals surface area (Å²) in [6, 6.07) is 0. The molecule has 0 heterocycles. The van der Waals surface area contributed by atoms with E-state index in [1.165, 1.54) is 77.0 Å². The smallest absolute Gasteiger partial charge is 0.272 e. The molecular weight excluding hydrogens is 348 g/mol. The van der Waals surface area contributed by atoms with Crippen LogP contribution in [0.15, 0.2) is 0 Å². The van der Waals surface area contributed by atoms with Crippen LogP contribution in [0.25, 0.3) is 0 Å². The molecule has 0 radical (unpaired) electrons. The highest BCUT2D eigenvalue weighted by molar-refractivity contribution is 7.88. The second-order valence-electron chi connectivity index (χ2n) is 8.11.